The van der Waals surface area contributed by atoms with Crippen LogP contribution in [0.4, 0.5) is 9.93 Å². The number of H-pyrrole nitrogens is 1. The number of aromatic amines is 1. The quantitative estimate of drug-likeness (QED) is 0.363. The van der Waals surface area contributed by atoms with Crippen molar-refractivity contribution in [2.45, 2.75) is 20.0 Å². The van der Waals surface area contributed by atoms with Crippen LogP contribution in [-0.4, -0.2) is 38.8 Å². The fourth-order valence-electron chi connectivity index (χ4n) is 2.96. The van der Waals surface area contributed by atoms with Crippen LogP contribution >= 0.6 is 45.6 Å². The number of nitrogens with zero attached hydrogens (tertiary/aromatic N) is 3. The summed E-state index contributed by atoms with van der Waals surface area (Å²) in [7, 11) is 1.66. The van der Waals surface area contributed by atoms with Gasteiger partial charge in [-0.2, -0.15) is 0 Å². The molecule has 0 aliphatic heterocycles. The number of nitrogens with one attached hydrogen (secondary N) is 3. The van der Waals surface area contributed by atoms with Gasteiger partial charge in [0.15, 0.2) is 5.13 Å². The van der Waals surface area contributed by atoms with Gasteiger partial charge in [0.25, 0.3) is 11.5 Å². The summed E-state index contributed by atoms with van der Waals surface area (Å²) in [4.78, 5) is 51.6. The fourth-order valence-corrected chi connectivity index (χ4v) is 5.83. The number of hydrogen-bond donors (Lipinski definition) is 3. The van der Waals surface area contributed by atoms with Crippen molar-refractivity contribution in [2.75, 3.05) is 12.4 Å². The zero-order valence-corrected chi connectivity index (χ0v) is 20.1. The molecule has 0 bridgehead atoms. The third-order valence-electron chi connectivity index (χ3n) is 4.50. The molecule has 4 rings (SSSR count). The molecule has 3 N–H and O–H groups in total. The molecule has 0 radical (unpaired) electrons. The Morgan fingerprint density at radius 2 is 2.09 bits per heavy atom. The van der Waals surface area contributed by atoms with Gasteiger partial charge < -0.3 is 15.2 Å². The average molecular weight is 509 g/mol. The molecule has 0 saturated heterocycles. The van der Waals surface area contributed by atoms with E-state index in [1.807, 2.05) is 6.07 Å². The summed E-state index contributed by atoms with van der Waals surface area (Å²) in [6.07, 6.45) is 1.33. The third-order valence-corrected chi connectivity index (χ3v) is 7.72. The molecule has 9 nitrogen and oxygen atoms in total. The van der Waals surface area contributed by atoms with Gasteiger partial charge in [0, 0.05) is 17.3 Å². The van der Waals surface area contributed by atoms with Crippen molar-refractivity contribution in [2.24, 2.45) is 0 Å². The molecule has 4 heterocycles. The molecule has 3 amide bonds. The Balaban J connectivity index is 1.37. The maximum Gasteiger partial charge on any atom is 0.321 e. The van der Waals surface area contributed by atoms with E-state index in [9.17, 15) is 14.4 Å². The van der Waals surface area contributed by atoms with Gasteiger partial charge >= 0.3 is 6.03 Å². The number of aryl methyl sites for hydroxylation is 1. The molecule has 4 aromatic heterocycles. The van der Waals surface area contributed by atoms with E-state index in [0.29, 0.717) is 42.4 Å². The van der Waals surface area contributed by atoms with E-state index in [2.05, 4.69) is 25.6 Å². The van der Waals surface area contributed by atoms with E-state index in [1.54, 1.807) is 25.4 Å². The van der Waals surface area contributed by atoms with Gasteiger partial charge in [-0.1, -0.05) is 11.6 Å². The Morgan fingerprint density at radius 1 is 1.28 bits per heavy atom. The van der Waals surface area contributed by atoms with Crippen molar-refractivity contribution in [3.63, 3.8) is 0 Å². The van der Waals surface area contributed by atoms with Crippen LogP contribution in [0.3, 0.4) is 0 Å². The number of amides is 3. The van der Waals surface area contributed by atoms with Gasteiger partial charge in [-0.15, -0.1) is 34.0 Å². The van der Waals surface area contributed by atoms with E-state index in [4.69, 9.17) is 11.6 Å². The molecule has 0 atom stereocenters. The number of thiazole rings is 1. The lowest BCUT2D eigenvalue weighted by atomic mass is 10.2. The summed E-state index contributed by atoms with van der Waals surface area (Å²) >= 11 is 9.74. The Morgan fingerprint density at radius 3 is 2.81 bits per heavy atom. The van der Waals surface area contributed by atoms with Crippen LogP contribution in [0.5, 0.6) is 0 Å². The molecule has 0 aliphatic carbocycles. The number of hydrogen-bond acceptors (Lipinski definition) is 8. The lowest BCUT2D eigenvalue weighted by Gasteiger charge is -2.15. The summed E-state index contributed by atoms with van der Waals surface area (Å²) in [6.45, 7) is 2.36. The van der Waals surface area contributed by atoms with Gasteiger partial charge in [-0.25, -0.2) is 14.8 Å². The molecule has 0 saturated carbocycles. The van der Waals surface area contributed by atoms with Gasteiger partial charge in [-0.05, 0) is 24.6 Å². The lowest BCUT2D eigenvalue weighted by molar-refractivity contribution is 0.0788. The standard InChI is InChI=1S/C19H17ClN6O3S3/c1-9-13-15(27)22-8-23-16(13)32-14(9)17(28)26(2)6-10-7-30-19(24-10)25-18(29)21-5-11-3-4-12(20)31-11/h3-4,7-8H,5-6H2,1-2H3,(H,22,23,27)(H2,21,24,25,29). The van der Waals surface area contributed by atoms with E-state index in [-0.39, 0.29) is 24.0 Å². The number of halogens is 1. The summed E-state index contributed by atoms with van der Waals surface area (Å²) in [5.41, 5.74) is 0.989. The number of carbonyl (C=O) groups excluding carboxylic acids is 2. The van der Waals surface area contributed by atoms with Crippen molar-refractivity contribution in [3.8, 4) is 0 Å². The largest absolute Gasteiger partial charge is 0.335 e. The summed E-state index contributed by atoms with van der Waals surface area (Å²) in [5.74, 6) is -0.222. The highest BCUT2D eigenvalue weighted by Crippen LogP contribution is 2.28. The predicted molar refractivity (Wildman–Crippen MR) is 128 cm³/mol. The fraction of sp³-hybridized carbons (Fsp3) is 0.211. The Bertz CT molecular complexity index is 1360. The van der Waals surface area contributed by atoms with Gasteiger partial charge in [-0.3, -0.25) is 14.9 Å². The van der Waals surface area contributed by atoms with Gasteiger partial charge in [0.05, 0.1) is 39.7 Å². The van der Waals surface area contributed by atoms with Gasteiger partial charge in [0.2, 0.25) is 0 Å². The molecule has 32 heavy (non-hydrogen) atoms. The van der Waals surface area contributed by atoms with Gasteiger partial charge in [0.1, 0.15) is 4.83 Å². The number of thiophene rings is 2. The molecule has 0 aliphatic rings. The second kappa shape index (κ2) is 9.36. The Hall–Kier alpha value is -2.80. The minimum atomic E-state index is -0.376. The third kappa shape index (κ3) is 4.83. The lowest BCUT2D eigenvalue weighted by Crippen LogP contribution is -2.28. The van der Waals surface area contributed by atoms with E-state index in [0.717, 1.165) is 4.88 Å². The first-order chi connectivity index (χ1) is 15.3. The predicted octanol–water partition coefficient (Wildman–Crippen LogP) is 4.06. The van der Waals surface area contributed by atoms with Crippen LogP contribution in [0.15, 0.2) is 28.6 Å². The first-order valence-corrected chi connectivity index (χ1v) is 12.2. The molecule has 0 aromatic carbocycles. The van der Waals surface area contributed by atoms with E-state index in [1.165, 1.54) is 45.2 Å². The highest BCUT2D eigenvalue weighted by atomic mass is 35.5. The zero-order valence-electron chi connectivity index (χ0n) is 16.9. The molecular weight excluding hydrogens is 492 g/mol. The van der Waals surface area contributed by atoms with Crippen LogP contribution in [0.2, 0.25) is 4.34 Å². The SMILES string of the molecule is Cc1c(C(=O)N(C)Cc2csc(NC(=O)NCc3ccc(Cl)s3)n2)sc2nc[nH]c(=O)c12. The summed E-state index contributed by atoms with van der Waals surface area (Å²) in [6, 6.07) is 3.26. The average Bonchev–Trinajstić information content (AvgIpc) is 3.46. The monoisotopic (exact) mass is 508 g/mol. The highest BCUT2D eigenvalue weighted by molar-refractivity contribution is 7.20. The maximum atomic E-state index is 12.9. The minimum absolute atomic E-state index is 0.222. The van der Waals surface area contributed by atoms with E-state index < -0.39 is 0 Å². The number of urea groups is 1. The Labute approximate surface area is 199 Å². The number of aromatic nitrogens is 3. The maximum absolute atomic E-state index is 12.9. The normalized spacial score (nSPS) is 11.0. The molecule has 13 heteroatoms. The van der Waals surface area contributed by atoms with Crippen LogP contribution in [0, 0.1) is 6.92 Å². The molecule has 0 unspecified atom stereocenters. The van der Waals surface area contributed by atoms with E-state index >= 15 is 0 Å². The minimum Gasteiger partial charge on any atom is -0.335 e. The van der Waals surface area contributed by atoms with Crippen molar-refractivity contribution in [1.29, 1.82) is 0 Å². The van der Waals surface area contributed by atoms with Crippen LogP contribution in [0.1, 0.15) is 25.8 Å². The number of carbonyl (C=O) groups is 2. The highest BCUT2D eigenvalue weighted by Gasteiger charge is 2.22. The number of rotatable bonds is 6. The first-order valence-electron chi connectivity index (χ1n) is 9.27. The smallest absolute Gasteiger partial charge is 0.321 e. The topological polar surface area (TPSA) is 120 Å². The molecule has 166 valence electrons. The van der Waals surface area contributed by atoms with Crippen LogP contribution < -0.4 is 16.2 Å². The summed E-state index contributed by atoms with van der Waals surface area (Å²) < 4.78 is 0.666. The van der Waals surface area contributed by atoms with Crippen LogP contribution in [-0.2, 0) is 13.1 Å². The second-order valence-electron chi connectivity index (χ2n) is 6.79. The Kier molecular flexibility index (Phi) is 6.55. The molecular formula is C19H17ClN6O3S3. The molecule has 0 spiro atoms. The van der Waals surface area contributed by atoms with Crippen molar-refractivity contribution in [1.82, 2.24) is 25.2 Å². The number of fused-ring (bicyclic) bond motifs is 1. The zero-order chi connectivity index (χ0) is 22.8. The number of anilines is 1. The van der Waals surface area contributed by atoms with Crippen LogP contribution in [0.25, 0.3) is 10.2 Å². The van der Waals surface area contributed by atoms with Crippen molar-refractivity contribution >= 4 is 72.9 Å². The molecule has 4 aromatic rings. The van der Waals surface area contributed by atoms with Crippen molar-refractivity contribution < 1.29 is 9.59 Å². The first kappa shape index (κ1) is 22.4. The second-order valence-corrected chi connectivity index (χ2v) is 10.4. The van der Waals surface area contributed by atoms with Crippen molar-refractivity contribution in [3.05, 3.63) is 59.5 Å². The molecule has 0 fully saturated rings. The summed E-state index contributed by atoms with van der Waals surface area (Å²) in [5, 5.41) is 8.08.